The van der Waals surface area contributed by atoms with Crippen LogP contribution in [-0.2, 0) is 14.3 Å². The van der Waals surface area contributed by atoms with Crippen LogP contribution >= 0.6 is 0 Å². The van der Waals surface area contributed by atoms with Crippen molar-refractivity contribution in [2.45, 2.75) is 57.6 Å². The largest absolute Gasteiger partial charge is 0.446 e. The quantitative estimate of drug-likeness (QED) is 0.689. The molecule has 2 fully saturated rings. The minimum absolute atomic E-state index is 0.00286. The van der Waals surface area contributed by atoms with Gasteiger partial charge in [0.05, 0.1) is 0 Å². The highest BCUT2D eigenvalue weighted by Gasteiger charge is 2.43. The minimum Gasteiger partial charge on any atom is -0.446 e. The summed E-state index contributed by atoms with van der Waals surface area (Å²) in [6.07, 6.45) is 2.95. The maximum Gasteiger partial charge on any atom is 0.407 e. The first kappa shape index (κ1) is 18.7. The molecule has 8 heteroatoms. The number of alkyl carbamates (subject to hydrolysis) is 1. The van der Waals surface area contributed by atoms with E-state index in [2.05, 4.69) is 20.8 Å². The van der Waals surface area contributed by atoms with Crippen LogP contribution in [0.1, 0.15) is 51.1 Å². The summed E-state index contributed by atoms with van der Waals surface area (Å²) in [6, 6.07) is 1.95. The van der Waals surface area contributed by atoms with E-state index in [1.165, 1.54) is 0 Å². The van der Waals surface area contributed by atoms with E-state index in [4.69, 9.17) is 9.47 Å². The summed E-state index contributed by atoms with van der Waals surface area (Å²) >= 11 is 0. The van der Waals surface area contributed by atoms with Crippen molar-refractivity contribution in [2.24, 2.45) is 11.8 Å². The Morgan fingerprint density at radius 1 is 1.35 bits per heavy atom. The zero-order valence-electron chi connectivity index (χ0n) is 15.6. The first-order valence-electron chi connectivity index (χ1n) is 9.28. The fourth-order valence-electron chi connectivity index (χ4n) is 3.55. The molecule has 0 unspecified atom stereocenters. The standard InChI is InChI=1S/C18H28N4O4/c1-10(2)19-18(24)26-13-5-4-11(6-13)15-8-16(22-21-15)20-17(23)14-7-12(14)9-25-3/h8,10-14H,4-7,9H2,1-3H3,(H,19,24)(H2,20,21,22,23)/t11-,12+,13+,14-/m0/s1. The number of carbonyl (C=O) groups excluding carboxylic acids is 2. The molecule has 26 heavy (non-hydrogen) atoms. The molecule has 2 aliphatic rings. The van der Waals surface area contributed by atoms with E-state index in [1.807, 2.05) is 19.9 Å². The van der Waals surface area contributed by atoms with Crippen molar-refractivity contribution in [1.29, 1.82) is 0 Å². The molecule has 0 bridgehead atoms. The molecular weight excluding hydrogens is 336 g/mol. The second-order valence-electron chi connectivity index (χ2n) is 7.59. The van der Waals surface area contributed by atoms with Gasteiger partial charge in [0.25, 0.3) is 0 Å². The number of aromatic amines is 1. The Balaban J connectivity index is 1.46. The second-order valence-corrected chi connectivity index (χ2v) is 7.59. The average Bonchev–Trinajstić information content (AvgIpc) is 2.96. The van der Waals surface area contributed by atoms with Gasteiger partial charge in [-0.3, -0.25) is 9.89 Å². The summed E-state index contributed by atoms with van der Waals surface area (Å²) in [5.74, 6) is 1.16. The van der Waals surface area contributed by atoms with Crippen LogP contribution in [0, 0.1) is 11.8 Å². The van der Waals surface area contributed by atoms with Gasteiger partial charge in [-0.25, -0.2) is 4.79 Å². The molecule has 0 spiro atoms. The highest BCUT2D eigenvalue weighted by molar-refractivity contribution is 5.93. The molecule has 2 saturated carbocycles. The lowest BCUT2D eigenvalue weighted by Gasteiger charge is -2.14. The van der Waals surface area contributed by atoms with E-state index in [0.29, 0.717) is 18.3 Å². The third-order valence-electron chi connectivity index (χ3n) is 4.99. The van der Waals surface area contributed by atoms with Gasteiger partial charge in [-0.1, -0.05) is 0 Å². The summed E-state index contributed by atoms with van der Waals surface area (Å²) in [6.45, 7) is 4.42. The molecule has 0 saturated heterocycles. The molecular formula is C18H28N4O4. The number of methoxy groups -OCH3 is 1. The number of ether oxygens (including phenoxy) is 2. The van der Waals surface area contributed by atoms with E-state index < -0.39 is 0 Å². The molecule has 0 aromatic carbocycles. The van der Waals surface area contributed by atoms with Crippen LogP contribution in [0.5, 0.6) is 0 Å². The van der Waals surface area contributed by atoms with Crippen LogP contribution in [0.4, 0.5) is 10.6 Å². The Morgan fingerprint density at radius 2 is 2.15 bits per heavy atom. The summed E-state index contributed by atoms with van der Waals surface area (Å²) in [4.78, 5) is 23.9. The van der Waals surface area contributed by atoms with Gasteiger partial charge in [0.2, 0.25) is 5.91 Å². The molecule has 2 aliphatic carbocycles. The molecule has 2 amide bonds. The lowest BCUT2D eigenvalue weighted by molar-refractivity contribution is -0.117. The predicted molar refractivity (Wildman–Crippen MR) is 95.8 cm³/mol. The zero-order valence-corrected chi connectivity index (χ0v) is 15.6. The lowest BCUT2D eigenvalue weighted by atomic mass is 10.0. The highest BCUT2D eigenvalue weighted by Crippen LogP contribution is 2.40. The van der Waals surface area contributed by atoms with Crippen molar-refractivity contribution < 1.29 is 19.1 Å². The summed E-state index contributed by atoms with van der Waals surface area (Å²) < 4.78 is 10.5. The number of aromatic nitrogens is 2. The van der Waals surface area contributed by atoms with Gasteiger partial charge in [-0.15, -0.1) is 0 Å². The van der Waals surface area contributed by atoms with Crippen molar-refractivity contribution in [1.82, 2.24) is 15.5 Å². The summed E-state index contributed by atoms with van der Waals surface area (Å²) in [7, 11) is 1.65. The van der Waals surface area contributed by atoms with E-state index in [0.717, 1.165) is 31.4 Å². The number of rotatable bonds is 7. The van der Waals surface area contributed by atoms with Gasteiger partial charge >= 0.3 is 6.09 Å². The molecule has 0 radical (unpaired) electrons. The summed E-state index contributed by atoms with van der Waals surface area (Å²) in [5.41, 5.74) is 0.972. The molecule has 3 N–H and O–H groups in total. The number of hydrogen-bond donors (Lipinski definition) is 3. The first-order valence-corrected chi connectivity index (χ1v) is 9.28. The minimum atomic E-state index is -0.363. The number of anilines is 1. The Morgan fingerprint density at radius 3 is 2.88 bits per heavy atom. The molecule has 4 atom stereocenters. The normalized spacial score (nSPS) is 27.4. The third-order valence-corrected chi connectivity index (χ3v) is 4.99. The van der Waals surface area contributed by atoms with Crippen LogP contribution in [0.15, 0.2) is 6.07 Å². The van der Waals surface area contributed by atoms with Crippen LogP contribution in [0.3, 0.4) is 0 Å². The Bertz CT molecular complexity index is 645. The number of hydrogen-bond acceptors (Lipinski definition) is 5. The second kappa shape index (κ2) is 8.07. The third kappa shape index (κ3) is 4.75. The van der Waals surface area contributed by atoms with Gasteiger partial charge < -0.3 is 20.1 Å². The van der Waals surface area contributed by atoms with Gasteiger partial charge in [0, 0.05) is 43.4 Å². The molecule has 3 rings (SSSR count). The molecule has 1 aromatic heterocycles. The Hall–Kier alpha value is -2.09. The average molecular weight is 364 g/mol. The number of carbonyl (C=O) groups is 2. The van der Waals surface area contributed by atoms with Gasteiger partial charge in [0.15, 0.2) is 5.82 Å². The van der Waals surface area contributed by atoms with E-state index >= 15 is 0 Å². The van der Waals surface area contributed by atoms with Crippen molar-refractivity contribution in [2.75, 3.05) is 19.0 Å². The maximum absolute atomic E-state index is 12.2. The van der Waals surface area contributed by atoms with Crippen LogP contribution < -0.4 is 10.6 Å². The van der Waals surface area contributed by atoms with Crippen LogP contribution in [0.25, 0.3) is 0 Å². The SMILES string of the molecule is COC[C@H]1C[C@@H]1C(=O)Nc1cc([C@H]2CC[C@@H](OC(=O)NC(C)C)C2)[nH]n1. The molecule has 0 aliphatic heterocycles. The van der Waals surface area contributed by atoms with Crippen molar-refractivity contribution in [3.8, 4) is 0 Å². The summed E-state index contributed by atoms with van der Waals surface area (Å²) in [5, 5.41) is 12.8. The van der Waals surface area contributed by atoms with E-state index in [-0.39, 0.29) is 36.0 Å². The number of nitrogens with zero attached hydrogens (tertiary/aromatic N) is 1. The predicted octanol–water partition coefficient (Wildman–Crippen LogP) is 2.40. The molecule has 144 valence electrons. The lowest BCUT2D eigenvalue weighted by Crippen LogP contribution is -2.33. The number of amides is 2. The smallest absolute Gasteiger partial charge is 0.407 e. The van der Waals surface area contributed by atoms with Gasteiger partial charge in [-0.2, -0.15) is 5.10 Å². The van der Waals surface area contributed by atoms with Crippen molar-refractivity contribution in [3.05, 3.63) is 11.8 Å². The van der Waals surface area contributed by atoms with E-state index in [9.17, 15) is 9.59 Å². The van der Waals surface area contributed by atoms with Gasteiger partial charge in [-0.05, 0) is 45.4 Å². The Labute approximate surface area is 153 Å². The first-order chi connectivity index (χ1) is 12.5. The van der Waals surface area contributed by atoms with Crippen LogP contribution in [0.2, 0.25) is 0 Å². The van der Waals surface area contributed by atoms with Crippen molar-refractivity contribution >= 4 is 17.8 Å². The van der Waals surface area contributed by atoms with Crippen molar-refractivity contribution in [3.63, 3.8) is 0 Å². The zero-order chi connectivity index (χ0) is 18.7. The topological polar surface area (TPSA) is 105 Å². The Kier molecular flexibility index (Phi) is 5.80. The highest BCUT2D eigenvalue weighted by atomic mass is 16.6. The molecule has 1 aromatic rings. The maximum atomic E-state index is 12.2. The molecule has 1 heterocycles. The van der Waals surface area contributed by atoms with Crippen LogP contribution in [-0.4, -0.2) is 48.1 Å². The monoisotopic (exact) mass is 364 g/mol. The number of nitrogens with one attached hydrogen (secondary N) is 3. The fraction of sp³-hybridized carbons (Fsp3) is 0.722. The van der Waals surface area contributed by atoms with Gasteiger partial charge in [0.1, 0.15) is 6.10 Å². The number of H-pyrrole nitrogens is 1. The fourth-order valence-corrected chi connectivity index (χ4v) is 3.55. The van der Waals surface area contributed by atoms with E-state index in [1.54, 1.807) is 7.11 Å². The molecule has 8 nitrogen and oxygen atoms in total.